The summed E-state index contributed by atoms with van der Waals surface area (Å²) in [4.78, 5) is 20.4. The first-order chi connectivity index (χ1) is 9.80. The van der Waals surface area contributed by atoms with Crippen LogP contribution in [0, 0.1) is 0 Å². The molecule has 0 aliphatic rings. The summed E-state index contributed by atoms with van der Waals surface area (Å²) < 4.78 is 0. The minimum atomic E-state index is -0.470. The van der Waals surface area contributed by atoms with Gasteiger partial charge in [0.25, 0.3) is 0 Å². The Morgan fingerprint density at radius 1 is 1.38 bits per heavy atom. The second kappa shape index (κ2) is 5.52. The largest absolute Gasteiger partial charge is 0.358 e. The van der Waals surface area contributed by atoms with Gasteiger partial charge in [-0.15, -0.1) is 0 Å². The van der Waals surface area contributed by atoms with Gasteiger partial charge in [-0.05, 0) is 27.7 Å². The van der Waals surface area contributed by atoms with Crippen molar-refractivity contribution < 1.29 is 4.79 Å². The highest BCUT2D eigenvalue weighted by molar-refractivity contribution is 5.91. The number of carbonyl (C=O) groups excluding carboxylic acids is 1. The highest BCUT2D eigenvalue weighted by atomic mass is 16.2. The van der Waals surface area contributed by atoms with Crippen LogP contribution in [0.5, 0.6) is 0 Å². The first kappa shape index (κ1) is 15.0. The van der Waals surface area contributed by atoms with E-state index in [4.69, 9.17) is 5.84 Å². The van der Waals surface area contributed by atoms with Crippen LogP contribution in [0.3, 0.4) is 0 Å². The van der Waals surface area contributed by atoms with Crippen molar-refractivity contribution in [3.8, 4) is 0 Å². The lowest BCUT2D eigenvalue weighted by Crippen LogP contribution is -2.47. The molecule has 2 rings (SSSR count). The van der Waals surface area contributed by atoms with Crippen molar-refractivity contribution in [2.24, 2.45) is 5.84 Å². The zero-order valence-electron chi connectivity index (χ0n) is 12.5. The molecule has 1 unspecified atom stereocenters. The van der Waals surface area contributed by atoms with Crippen LogP contribution in [-0.4, -0.2) is 37.7 Å². The molecule has 9 heteroatoms. The molecule has 0 saturated carbocycles. The lowest BCUT2D eigenvalue weighted by molar-refractivity contribution is -0.122. The molecule has 0 aliphatic heterocycles. The molecule has 114 valence electrons. The standard InChI is InChI=1S/C12H20N8O/c1-6(10(21)18-12(2,3)4)15-8-7-5-14-20-9(7)17-11(16-8)19-13/h5-6H,13H2,1-4H3,(H,18,21)(H3,14,15,16,17,19,20). The number of hydrogen-bond donors (Lipinski definition) is 5. The molecule has 0 bridgehead atoms. The first-order valence-electron chi connectivity index (χ1n) is 6.56. The Bertz CT molecular complexity index is 644. The Kier molecular flexibility index (Phi) is 3.94. The summed E-state index contributed by atoms with van der Waals surface area (Å²) in [6, 6.07) is -0.470. The number of carbonyl (C=O) groups is 1. The summed E-state index contributed by atoms with van der Waals surface area (Å²) in [6.07, 6.45) is 1.59. The number of aromatic nitrogens is 4. The van der Waals surface area contributed by atoms with Gasteiger partial charge in [0.15, 0.2) is 5.65 Å². The molecule has 0 fully saturated rings. The molecule has 0 aliphatic carbocycles. The van der Waals surface area contributed by atoms with E-state index in [1.807, 2.05) is 20.8 Å². The van der Waals surface area contributed by atoms with Gasteiger partial charge in [0.1, 0.15) is 11.9 Å². The van der Waals surface area contributed by atoms with Gasteiger partial charge in [0.05, 0.1) is 11.6 Å². The van der Waals surface area contributed by atoms with Crippen molar-refractivity contribution in [1.82, 2.24) is 25.5 Å². The molecule has 0 spiro atoms. The van der Waals surface area contributed by atoms with Gasteiger partial charge in [-0.3, -0.25) is 15.3 Å². The lowest BCUT2D eigenvalue weighted by atomic mass is 10.1. The quantitative estimate of drug-likeness (QED) is 0.405. The number of anilines is 2. The number of nitrogen functional groups attached to an aromatic ring is 1. The predicted molar refractivity (Wildman–Crippen MR) is 80.5 cm³/mol. The molecule has 6 N–H and O–H groups in total. The summed E-state index contributed by atoms with van der Waals surface area (Å²) in [6.45, 7) is 7.53. The van der Waals surface area contributed by atoms with Crippen molar-refractivity contribution >= 4 is 28.7 Å². The van der Waals surface area contributed by atoms with E-state index in [1.54, 1.807) is 13.1 Å². The molecule has 0 saturated heterocycles. The number of rotatable bonds is 4. The zero-order chi connectivity index (χ0) is 15.6. The highest BCUT2D eigenvalue weighted by Gasteiger charge is 2.20. The van der Waals surface area contributed by atoms with Crippen molar-refractivity contribution in [1.29, 1.82) is 0 Å². The van der Waals surface area contributed by atoms with Crippen molar-refractivity contribution in [3.63, 3.8) is 0 Å². The van der Waals surface area contributed by atoms with Crippen LogP contribution in [0.15, 0.2) is 6.20 Å². The van der Waals surface area contributed by atoms with E-state index >= 15 is 0 Å². The van der Waals surface area contributed by atoms with E-state index < -0.39 is 6.04 Å². The van der Waals surface area contributed by atoms with Crippen LogP contribution in [0.1, 0.15) is 27.7 Å². The van der Waals surface area contributed by atoms with E-state index in [-0.39, 0.29) is 17.4 Å². The molecule has 9 nitrogen and oxygen atoms in total. The molecule has 2 aromatic heterocycles. The fraction of sp³-hybridized carbons (Fsp3) is 0.500. The van der Waals surface area contributed by atoms with Gasteiger partial charge in [0, 0.05) is 5.54 Å². The predicted octanol–water partition coefficient (Wildman–Crippen LogP) is 0.354. The van der Waals surface area contributed by atoms with E-state index in [1.165, 1.54) is 0 Å². The molecule has 2 heterocycles. The summed E-state index contributed by atoms with van der Waals surface area (Å²) in [7, 11) is 0. The molecule has 0 aromatic carbocycles. The minimum Gasteiger partial charge on any atom is -0.358 e. The number of hydrogen-bond acceptors (Lipinski definition) is 7. The molecular weight excluding hydrogens is 272 g/mol. The zero-order valence-corrected chi connectivity index (χ0v) is 12.5. The average molecular weight is 292 g/mol. The topological polar surface area (TPSA) is 134 Å². The van der Waals surface area contributed by atoms with E-state index in [2.05, 4.69) is 36.2 Å². The van der Waals surface area contributed by atoms with Crippen LogP contribution in [-0.2, 0) is 4.79 Å². The van der Waals surface area contributed by atoms with Crippen LogP contribution in [0.25, 0.3) is 11.0 Å². The maximum absolute atomic E-state index is 12.1. The number of nitrogens with zero attached hydrogens (tertiary/aromatic N) is 3. The molecule has 1 atom stereocenters. The molecule has 21 heavy (non-hydrogen) atoms. The van der Waals surface area contributed by atoms with Gasteiger partial charge in [-0.1, -0.05) is 0 Å². The van der Waals surface area contributed by atoms with Gasteiger partial charge in [-0.25, -0.2) is 5.84 Å². The summed E-state index contributed by atoms with van der Waals surface area (Å²) in [5, 5.41) is 13.3. The summed E-state index contributed by atoms with van der Waals surface area (Å²) in [5.41, 5.74) is 2.61. The van der Waals surface area contributed by atoms with E-state index in [0.29, 0.717) is 16.9 Å². The Hall–Kier alpha value is -2.42. The number of hydrazine groups is 1. The van der Waals surface area contributed by atoms with Crippen LogP contribution in [0.2, 0.25) is 0 Å². The third-order valence-corrected chi connectivity index (χ3v) is 2.68. The third kappa shape index (κ3) is 3.57. The normalized spacial score (nSPS) is 13.0. The minimum absolute atomic E-state index is 0.125. The van der Waals surface area contributed by atoms with Gasteiger partial charge >= 0.3 is 0 Å². The third-order valence-electron chi connectivity index (χ3n) is 2.68. The Morgan fingerprint density at radius 3 is 2.71 bits per heavy atom. The Balaban J connectivity index is 2.22. The number of aromatic amines is 1. The molecule has 0 radical (unpaired) electrons. The SMILES string of the molecule is CC(Nc1nc(NN)nc2[nH]ncc12)C(=O)NC(C)(C)C. The molecule has 1 amide bonds. The fourth-order valence-corrected chi connectivity index (χ4v) is 1.76. The molecule has 2 aromatic rings. The summed E-state index contributed by atoms with van der Waals surface area (Å²) >= 11 is 0. The van der Waals surface area contributed by atoms with Crippen LogP contribution >= 0.6 is 0 Å². The van der Waals surface area contributed by atoms with Crippen LogP contribution < -0.4 is 21.9 Å². The first-order valence-corrected chi connectivity index (χ1v) is 6.56. The van der Waals surface area contributed by atoms with E-state index in [0.717, 1.165) is 0 Å². The van der Waals surface area contributed by atoms with Gasteiger partial charge < -0.3 is 10.6 Å². The van der Waals surface area contributed by atoms with Gasteiger partial charge in [-0.2, -0.15) is 15.1 Å². The molecular formula is C12H20N8O. The van der Waals surface area contributed by atoms with Crippen molar-refractivity contribution in [2.75, 3.05) is 10.7 Å². The van der Waals surface area contributed by atoms with Crippen molar-refractivity contribution in [3.05, 3.63) is 6.20 Å². The number of nitrogens with two attached hydrogens (primary N) is 1. The second-order valence-corrected chi connectivity index (χ2v) is 5.78. The second-order valence-electron chi connectivity index (χ2n) is 5.78. The maximum Gasteiger partial charge on any atom is 0.242 e. The van der Waals surface area contributed by atoms with Crippen LogP contribution in [0.4, 0.5) is 11.8 Å². The summed E-state index contributed by atoms with van der Waals surface area (Å²) in [5.74, 6) is 5.93. The number of amides is 1. The maximum atomic E-state index is 12.1. The average Bonchev–Trinajstić information content (AvgIpc) is 2.84. The monoisotopic (exact) mass is 292 g/mol. The van der Waals surface area contributed by atoms with Gasteiger partial charge in [0.2, 0.25) is 11.9 Å². The number of H-pyrrole nitrogens is 1. The van der Waals surface area contributed by atoms with Crippen molar-refractivity contribution in [2.45, 2.75) is 39.3 Å². The fourth-order valence-electron chi connectivity index (χ4n) is 1.76. The lowest BCUT2D eigenvalue weighted by Gasteiger charge is -2.24. The number of nitrogens with one attached hydrogen (secondary N) is 4. The van der Waals surface area contributed by atoms with E-state index in [9.17, 15) is 4.79 Å². The number of fused-ring (bicyclic) bond motifs is 1. The Labute approximate surface area is 122 Å². The highest BCUT2D eigenvalue weighted by Crippen LogP contribution is 2.20. The smallest absolute Gasteiger partial charge is 0.242 e. The Morgan fingerprint density at radius 2 is 2.10 bits per heavy atom.